The molecule has 0 aromatic heterocycles. The van der Waals surface area contributed by atoms with Crippen LogP contribution in [0.15, 0.2) is 18.2 Å². The van der Waals surface area contributed by atoms with Crippen molar-refractivity contribution in [1.29, 1.82) is 0 Å². The number of halogens is 1. The molecule has 0 radical (unpaired) electrons. The lowest BCUT2D eigenvalue weighted by molar-refractivity contribution is -0.145. The van der Waals surface area contributed by atoms with Crippen molar-refractivity contribution in [2.45, 2.75) is 12.8 Å². The molecule has 0 saturated heterocycles. The van der Waals surface area contributed by atoms with E-state index < -0.39 is 23.5 Å². The first kappa shape index (κ1) is 12.8. The second-order valence-corrected chi connectivity index (χ2v) is 3.39. The molecule has 1 aromatic carbocycles. The number of benzene rings is 1. The fourth-order valence-corrected chi connectivity index (χ4v) is 1.45. The molecule has 0 aliphatic carbocycles. The van der Waals surface area contributed by atoms with Gasteiger partial charge in [0, 0.05) is 0 Å². The smallest absolute Gasteiger partial charge is 0.320 e. The van der Waals surface area contributed by atoms with Crippen LogP contribution in [0.1, 0.15) is 18.4 Å². The van der Waals surface area contributed by atoms with E-state index in [9.17, 15) is 14.0 Å². The number of rotatable bonds is 3. The van der Waals surface area contributed by atoms with Gasteiger partial charge in [0.1, 0.15) is 17.5 Å². The molecule has 0 amide bonds. The van der Waals surface area contributed by atoms with Crippen LogP contribution < -0.4 is 0 Å². The summed E-state index contributed by atoms with van der Waals surface area (Å²) in [6.45, 7) is 7.92. The van der Waals surface area contributed by atoms with E-state index in [1.165, 1.54) is 19.1 Å². The van der Waals surface area contributed by atoms with Gasteiger partial charge in [0.2, 0.25) is 5.69 Å². The van der Waals surface area contributed by atoms with Crippen molar-refractivity contribution >= 4 is 17.4 Å². The van der Waals surface area contributed by atoms with Crippen molar-refractivity contribution in [1.82, 2.24) is 0 Å². The van der Waals surface area contributed by atoms with Crippen LogP contribution in [0.25, 0.3) is 4.85 Å². The van der Waals surface area contributed by atoms with Crippen molar-refractivity contribution in [3.63, 3.8) is 0 Å². The number of methoxy groups -OCH3 is 1. The maximum atomic E-state index is 13.4. The summed E-state index contributed by atoms with van der Waals surface area (Å²) in [5, 5.41) is 0. The molecule has 1 atom stereocenters. The minimum atomic E-state index is -1.14. The quantitative estimate of drug-likeness (QED) is 0.458. The standard InChI is InChI=1S/C12H10FNO3/c1-7(15)11(12(16)17-3)8-4-5-10(14-2)9(13)6-8/h4-6,11H,1,3H3. The number of hydrogen-bond acceptors (Lipinski definition) is 3. The Kier molecular flexibility index (Phi) is 3.94. The Morgan fingerprint density at radius 3 is 2.53 bits per heavy atom. The fourth-order valence-electron chi connectivity index (χ4n) is 1.45. The molecule has 1 rings (SSSR count). The molecule has 88 valence electrons. The van der Waals surface area contributed by atoms with Gasteiger partial charge in [-0.25, -0.2) is 9.24 Å². The van der Waals surface area contributed by atoms with Gasteiger partial charge in [0.05, 0.1) is 13.7 Å². The topological polar surface area (TPSA) is 47.7 Å². The van der Waals surface area contributed by atoms with Crippen molar-refractivity contribution < 1.29 is 18.7 Å². The van der Waals surface area contributed by atoms with E-state index in [0.717, 1.165) is 13.2 Å². The predicted octanol–water partition coefficient (Wildman–Crippen LogP) is 2.22. The zero-order valence-corrected chi connectivity index (χ0v) is 9.36. The highest BCUT2D eigenvalue weighted by Crippen LogP contribution is 2.25. The summed E-state index contributed by atoms with van der Waals surface area (Å²) in [6.07, 6.45) is 0. The molecule has 0 aliphatic rings. The summed E-state index contributed by atoms with van der Waals surface area (Å²) in [7, 11) is 1.15. The Labute approximate surface area is 97.8 Å². The molecule has 1 unspecified atom stereocenters. The normalized spacial score (nSPS) is 11.4. The van der Waals surface area contributed by atoms with Gasteiger partial charge in [-0.1, -0.05) is 12.1 Å². The molecular weight excluding hydrogens is 225 g/mol. The van der Waals surface area contributed by atoms with Crippen LogP contribution in [0.5, 0.6) is 0 Å². The number of carbonyl (C=O) groups is 2. The van der Waals surface area contributed by atoms with Gasteiger partial charge in [0.15, 0.2) is 0 Å². The molecular formula is C12H10FNO3. The highest BCUT2D eigenvalue weighted by Gasteiger charge is 2.26. The van der Waals surface area contributed by atoms with Crippen molar-refractivity contribution in [3.05, 3.63) is 41.0 Å². The summed E-state index contributed by atoms with van der Waals surface area (Å²) >= 11 is 0. The minimum Gasteiger partial charge on any atom is -0.468 e. The van der Waals surface area contributed by atoms with Gasteiger partial charge in [-0.05, 0) is 18.6 Å². The molecule has 0 spiro atoms. The van der Waals surface area contributed by atoms with Crippen LogP contribution in [0, 0.1) is 12.4 Å². The average molecular weight is 235 g/mol. The van der Waals surface area contributed by atoms with E-state index in [0.29, 0.717) is 0 Å². The molecule has 0 N–H and O–H groups in total. The number of ketones is 1. The third kappa shape index (κ3) is 2.67. The highest BCUT2D eigenvalue weighted by atomic mass is 19.1. The summed E-state index contributed by atoms with van der Waals surface area (Å²) in [5.41, 5.74) is 0.0372. The Balaban J connectivity index is 3.22. The monoisotopic (exact) mass is 235 g/mol. The molecule has 0 bridgehead atoms. The van der Waals surface area contributed by atoms with Gasteiger partial charge in [0.25, 0.3) is 0 Å². The minimum absolute atomic E-state index is 0.152. The first-order valence-corrected chi connectivity index (χ1v) is 4.76. The second kappa shape index (κ2) is 5.21. The number of carbonyl (C=O) groups excluding carboxylic acids is 2. The maximum Gasteiger partial charge on any atom is 0.320 e. The van der Waals surface area contributed by atoms with Gasteiger partial charge in [-0.15, -0.1) is 0 Å². The lowest BCUT2D eigenvalue weighted by atomic mass is 9.95. The zero-order valence-electron chi connectivity index (χ0n) is 9.36. The van der Waals surface area contributed by atoms with Gasteiger partial charge < -0.3 is 4.74 Å². The molecule has 17 heavy (non-hydrogen) atoms. The van der Waals surface area contributed by atoms with Gasteiger partial charge in [-0.3, -0.25) is 9.59 Å². The summed E-state index contributed by atoms with van der Waals surface area (Å²) in [5.74, 6) is -3.08. The number of nitrogens with zero attached hydrogens (tertiary/aromatic N) is 1. The molecule has 0 saturated carbocycles. The lowest BCUT2D eigenvalue weighted by Crippen LogP contribution is -2.21. The summed E-state index contributed by atoms with van der Waals surface area (Å²) in [4.78, 5) is 25.7. The maximum absolute atomic E-state index is 13.4. The second-order valence-electron chi connectivity index (χ2n) is 3.39. The Morgan fingerprint density at radius 2 is 2.12 bits per heavy atom. The van der Waals surface area contributed by atoms with Crippen molar-refractivity contribution in [3.8, 4) is 0 Å². The van der Waals surface area contributed by atoms with Crippen LogP contribution in [-0.2, 0) is 14.3 Å². The van der Waals surface area contributed by atoms with Gasteiger partial charge >= 0.3 is 5.97 Å². The van der Waals surface area contributed by atoms with Crippen LogP contribution >= 0.6 is 0 Å². The van der Waals surface area contributed by atoms with Crippen LogP contribution in [-0.4, -0.2) is 18.9 Å². The number of ether oxygens (including phenoxy) is 1. The SMILES string of the molecule is [C-]#[N+]c1ccc(C(C(C)=O)C(=O)OC)cc1F. The molecule has 4 nitrogen and oxygen atoms in total. The first-order valence-electron chi connectivity index (χ1n) is 4.76. The van der Waals surface area contributed by atoms with E-state index in [2.05, 4.69) is 9.58 Å². The van der Waals surface area contributed by atoms with Crippen molar-refractivity contribution in [2.75, 3.05) is 7.11 Å². The Bertz CT molecular complexity index is 505. The van der Waals surface area contributed by atoms with Crippen LogP contribution in [0.3, 0.4) is 0 Å². The van der Waals surface area contributed by atoms with Crippen molar-refractivity contribution in [2.24, 2.45) is 0 Å². The summed E-state index contributed by atoms with van der Waals surface area (Å²) < 4.78 is 17.8. The van der Waals surface area contributed by atoms with Gasteiger partial charge in [-0.2, -0.15) is 0 Å². The Hall–Kier alpha value is -2.22. The zero-order chi connectivity index (χ0) is 13.0. The van der Waals surface area contributed by atoms with E-state index >= 15 is 0 Å². The molecule has 0 heterocycles. The lowest BCUT2D eigenvalue weighted by Gasteiger charge is -2.12. The van der Waals surface area contributed by atoms with Crippen LogP contribution in [0.2, 0.25) is 0 Å². The Morgan fingerprint density at radius 1 is 1.47 bits per heavy atom. The molecule has 0 fully saturated rings. The van der Waals surface area contributed by atoms with E-state index in [-0.39, 0.29) is 11.3 Å². The summed E-state index contributed by atoms with van der Waals surface area (Å²) in [6, 6.07) is 3.62. The predicted molar refractivity (Wildman–Crippen MR) is 58.1 cm³/mol. The number of Topliss-reactive ketones (excluding diaryl/α,β-unsaturated/α-hetero) is 1. The van der Waals surface area contributed by atoms with E-state index in [1.54, 1.807) is 0 Å². The molecule has 1 aromatic rings. The third-order valence-corrected chi connectivity index (χ3v) is 2.27. The molecule has 0 aliphatic heterocycles. The van der Waals surface area contributed by atoms with Crippen LogP contribution in [0.4, 0.5) is 10.1 Å². The largest absolute Gasteiger partial charge is 0.468 e. The highest BCUT2D eigenvalue weighted by molar-refractivity contribution is 6.03. The number of hydrogen-bond donors (Lipinski definition) is 0. The average Bonchev–Trinajstić information content (AvgIpc) is 2.28. The number of esters is 1. The fraction of sp³-hybridized carbons (Fsp3) is 0.250. The molecule has 5 heteroatoms. The van der Waals surface area contributed by atoms with E-state index in [1.807, 2.05) is 0 Å². The first-order chi connectivity index (χ1) is 8.01. The third-order valence-electron chi connectivity index (χ3n) is 2.27. The van der Waals surface area contributed by atoms with E-state index in [4.69, 9.17) is 6.57 Å².